The Kier molecular flexibility index (Phi) is 5.94. The van der Waals surface area contributed by atoms with Crippen molar-refractivity contribution in [3.8, 4) is 17.4 Å². The molecule has 0 N–H and O–H groups in total. The Bertz CT molecular complexity index is 1590. The maximum absolute atomic E-state index is 13.4. The minimum absolute atomic E-state index is 0.0253. The van der Waals surface area contributed by atoms with Gasteiger partial charge in [0.2, 0.25) is 5.88 Å². The number of rotatable bonds is 7. The maximum Gasteiger partial charge on any atom is 0.283 e. The van der Waals surface area contributed by atoms with Crippen LogP contribution in [0.2, 0.25) is 0 Å². The summed E-state index contributed by atoms with van der Waals surface area (Å²) in [7, 11) is -2.75. The number of methoxy groups -OCH3 is 1. The molecule has 1 aliphatic rings. The lowest BCUT2D eigenvalue weighted by atomic mass is 10.1. The van der Waals surface area contributed by atoms with Crippen LogP contribution in [-0.4, -0.2) is 36.4 Å². The van der Waals surface area contributed by atoms with Crippen molar-refractivity contribution in [2.75, 3.05) is 13.9 Å². The monoisotopic (exact) mass is 515 g/mol. The fraction of sp³-hybridized carbons (Fsp3) is 0.174. The molecular weight excluding hydrogens is 497 g/mol. The van der Waals surface area contributed by atoms with Crippen LogP contribution in [0.3, 0.4) is 0 Å². The van der Waals surface area contributed by atoms with Gasteiger partial charge in [0.05, 0.1) is 34.4 Å². The first-order valence-corrected chi connectivity index (χ1v) is 11.9. The molecule has 0 saturated heterocycles. The zero-order valence-corrected chi connectivity index (χ0v) is 19.5. The van der Waals surface area contributed by atoms with Crippen molar-refractivity contribution in [3.05, 3.63) is 81.7 Å². The first-order valence-electron chi connectivity index (χ1n) is 10.5. The van der Waals surface area contributed by atoms with Crippen molar-refractivity contribution in [3.63, 3.8) is 0 Å². The predicted molar refractivity (Wildman–Crippen MR) is 123 cm³/mol. The second-order valence-corrected chi connectivity index (χ2v) is 9.51. The fourth-order valence-corrected chi connectivity index (χ4v) is 5.09. The molecule has 1 aliphatic heterocycles. The first kappa shape index (κ1) is 23.5. The second-order valence-electron chi connectivity index (χ2n) is 7.74. The summed E-state index contributed by atoms with van der Waals surface area (Å²) in [5, 5.41) is 15.9. The van der Waals surface area contributed by atoms with Gasteiger partial charge < -0.3 is 18.9 Å². The molecule has 11 nitrogen and oxygen atoms in total. The summed E-state index contributed by atoms with van der Waals surface area (Å²) in [4.78, 5) is 10.7. The van der Waals surface area contributed by atoms with E-state index < -0.39 is 20.8 Å². The summed E-state index contributed by atoms with van der Waals surface area (Å²) in [5.41, 5.74) is 0.887. The molecule has 1 aromatic heterocycles. The molecule has 0 bridgehead atoms. The van der Waals surface area contributed by atoms with Gasteiger partial charge in [-0.15, -0.1) is 9.19 Å². The third-order valence-electron chi connectivity index (χ3n) is 5.51. The van der Waals surface area contributed by atoms with E-state index in [9.17, 15) is 22.9 Å². The molecular formula is C23H18FN3O8S. The number of nitrogens with zero attached hydrogens (tertiary/aromatic N) is 3. The summed E-state index contributed by atoms with van der Waals surface area (Å²) in [5.74, 6) is 0.189. The largest absolute Gasteiger partial charge is 0.497 e. The van der Waals surface area contributed by atoms with Gasteiger partial charge in [0.15, 0.2) is 6.79 Å². The zero-order valence-electron chi connectivity index (χ0n) is 18.7. The van der Waals surface area contributed by atoms with E-state index in [-0.39, 0.29) is 42.0 Å². The summed E-state index contributed by atoms with van der Waals surface area (Å²) >= 11 is 0. The summed E-state index contributed by atoms with van der Waals surface area (Å²) in [6, 6.07) is 11.7. The van der Waals surface area contributed by atoms with Crippen molar-refractivity contribution in [1.29, 1.82) is 0 Å². The number of nitro benzene ring substituents is 1. The van der Waals surface area contributed by atoms with E-state index in [1.54, 1.807) is 12.1 Å². The van der Waals surface area contributed by atoms with E-state index in [4.69, 9.17) is 18.9 Å². The lowest BCUT2D eigenvalue weighted by Crippen LogP contribution is -2.15. The number of non-ortho nitro benzene ring substituents is 1. The van der Waals surface area contributed by atoms with Crippen molar-refractivity contribution in [1.82, 2.24) is 9.19 Å². The van der Waals surface area contributed by atoms with E-state index in [0.717, 1.165) is 28.4 Å². The molecule has 13 heteroatoms. The van der Waals surface area contributed by atoms with Gasteiger partial charge in [-0.2, -0.15) is 8.42 Å². The van der Waals surface area contributed by atoms with E-state index in [2.05, 4.69) is 5.10 Å². The third-order valence-corrected chi connectivity index (χ3v) is 7.11. The number of benzene rings is 3. The molecule has 4 aromatic rings. The van der Waals surface area contributed by atoms with Crippen molar-refractivity contribution in [2.24, 2.45) is 0 Å². The smallest absolute Gasteiger partial charge is 0.283 e. The summed E-state index contributed by atoms with van der Waals surface area (Å²) in [6.07, 6.45) is 0. The average Bonchev–Trinajstić information content (AvgIpc) is 3.25. The quantitative estimate of drug-likeness (QED) is 0.266. The predicted octanol–water partition coefficient (Wildman–Crippen LogP) is 3.77. The first-order chi connectivity index (χ1) is 17.3. The van der Waals surface area contributed by atoms with E-state index in [1.165, 1.54) is 25.3 Å². The van der Waals surface area contributed by atoms with Gasteiger partial charge in [0.1, 0.15) is 23.9 Å². The van der Waals surface area contributed by atoms with E-state index in [1.807, 2.05) is 0 Å². The molecule has 0 radical (unpaired) electrons. The van der Waals surface area contributed by atoms with Crippen molar-refractivity contribution in [2.45, 2.75) is 18.1 Å². The Morgan fingerprint density at radius 2 is 1.94 bits per heavy atom. The van der Waals surface area contributed by atoms with Crippen LogP contribution in [0.5, 0.6) is 17.4 Å². The van der Waals surface area contributed by atoms with Crippen LogP contribution in [0, 0.1) is 15.9 Å². The Morgan fingerprint density at radius 3 is 2.67 bits per heavy atom. The highest BCUT2D eigenvalue weighted by Crippen LogP contribution is 2.35. The van der Waals surface area contributed by atoms with Crippen molar-refractivity contribution >= 4 is 26.6 Å². The fourth-order valence-electron chi connectivity index (χ4n) is 3.81. The molecule has 0 unspecified atom stereocenters. The normalized spacial score (nSPS) is 13.2. The Balaban J connectivity index is 1.58. The molecule has 0 atom stereocenters. The highest BCUT2D eigenvalue weighted by Gasteiger charge is 2.26. The molecule has 5 rings (SSSR count). The minimum Gasteiger partial charge on any atom is -0.497 e. The van der Waals surface area contributed by atoms with Gasteiger partial charge in [-0.05, 0) is 42.5 Å². The lowest BCUT2D eigenvalue weighted by Gasteiger charge is -2.20. The summed E-state index contributed by atoms with van der Waals surface area (Å²) < 4.78 is 62.6. The molecule has 0 aliphatic carbocycles. The molecule has 36 heavy (non-hydrogen) atoms. The number of hydrogen-bond donors (Lipinski definition) is 0. The molecule has 3 aromatic carbocycles. The van der Waals surface area contributed by atoms with Crippen LogP contribution in [0.15, 0.2) is 59.5 Å². The van der Waals surface area contributed by atoms with Crippen LogP contribution in [0.25, 0.3) is 10.9 Å². The van der Waals surface area contributed by atoms with Gasteiger partial charge in [0, 0.05) is 23.3 Å². The molecule has 0 spiro atoms. The highest BCUT2D eigenvalue weighted by atomic mass is 32.2. The van der Waals surface area contributed by atoms with Crippen molar-refractivity contribution < 1.29 is 36.7 Å². The van der Waals surface area contributed by atoms with Gasteiger partial charge in [0.25, 0.3) is 15.7 Å². The average molecular weight is 515 g/mol. The lowest BCUT2D eigenvalue weighted by molar-refractivity contribution is -0.385. The number of aromatic nitrogens is 2. The minimum atomic E-state index is -4.21. The van der Waals surface area contributed by atoms with E-state index >= 15 is 0 Å². The molecule has 0 amide bonds. The maximum atomic E-state index is 13.4. The van der Waals surface area contributed by atoms with Crippen LogP contribution in [0.4, 0.5) is 10.1 Å². The van der Waals surface area contributed by atoms with E-state index in [0.29, 0.717) is 28.0 Å². The van der Waals surface area contributed by atoms with Gasteiger partial charge in [-0.3, -0.25) is 10.1 Å². The molecule has 186 valence electrons. The van der Waals surface area contributed by atoms with Crippen LogP contribution in [0.1, 0.15) is 11.1 Å². The number of fused-ring (bicyclic) bond motifs is 2. The number of halogens is 1. The number of hydrogen-bond acceptors (Lipinski definition) is 9. The Morgan fingerprint density at radius 1 is 1.17 bits per heavy atom. The topological polar surface area (TPSA) is 132 Å². The van der Waals surface area contributed by atoms with Gasteiger partial charge >= 0.3 is 0 Å². The van der Waals surface area contributed by atoms with Crippen LogP contribution >= 0.6 is 0 Å². The summed E-state index contributed by atoms with van der Waals surface area (Å²) in [6.45, 7) is -0.0961. The third kappa shape index (κ3) is 4.18. The number of ether oxygens (including phenoxy) is 4. The second kappa shape index (κ2) is 9.09. The number of nitro groups is 1. The molecule has 0 saturated carbocycles. The van der Waals surface area contributed by atoms with Gasteiger partial charge in [-0.25, -0.2) is 4.39 Å². The zero-order chi connectivity index (χ0) is 25.4. The molecule has 0 fully saturated rings. The highest BCUT2D eigenvalue weighted by molar-refractivity contribution is 7.90. The van der Waals surface area contributed by atoms with Crippen LogP contribution in [-0.2, 0) is 28.0 Å². The van der Waals surface area contributed by atoms with Crippen LogP contribution < -0.4 is 14.2 Å². The van der Waals surface area contributed by atoms with Gasteiger partial charge in [-0.1, -0.05) is 0 Å². The Labute approximate surface area is 203 Å². The standard InChI is InChI=1S/C23H18FN3O8S/c1-32-18-4-7-21-20(10-18)23(25-26(21)36(30,31)19-5-2-16(24)3-6-19)34-12-15-9-17(27(28)29)8-14-11-33-13-35-22(14)15/h2-10H,11-13H2,1H3. The molecule has 2 heterocycles. The Hall–Kier alpha value is -4.23. The SMILES string of the molecule is COc1ccc2c(c1)c(OCc1cc([N+](=O)[O-])cc3c1OCOC3)nn2S(=O)(=O)c1ccc(F)cc1.